The fraction of sp³-hybridized carbons (Fsp3) is 0.273. The first-order chi connectivity index (χ1) is 20.0. The van der Waals surface area contributed by atoms with Crippen molar-refractivity contribution in [3.63, 3.8) is 0 Å². The molecule has 45 heavy (non-hydrogen) atoms. The maximum atomic E-state index is 2.51. The Balaban J connectivity index is 0.00000154. The molecule has 7 rings (SSSR count). The Kier molecular flexibility index (Phi) is 9.78. The zero-order valence-corrected chi connectivity index (χ0v) is 32.1. The normalized spacial score (nSPS) is 14.3. The summed E-state index contributed by atoms with van der Waals surface area (Å²) in [6.07, 6.45) is 3.71. The molecule has 0 heterocycles. The minimum absolute atomic E-state index is 0. The van der Waals surface area contributed by atoms with Gasteiger partial charge in [0.05, 0.1) is 0 Å². The van der Waals surface area contributed by atoms with Gasteiger partial charge in [0.15, 0.2) is 0 Å². The minimum Gasteiger partial charge on any atom is -0.358 e. The first-order valence-corrected chi connectivity index (χ1v) is 15.6. The molecule has 6 aromatic rings. The molecule has 1 heteroatoms. The Morgan fingerprint density at radius 1 is 0.533 bits per heavy atom. The van der Waals surface area contributed by atoms with Gasteiger partial charge >= 0.3 is 25.8 Å². The van der Waals surface area contributed by atoms with Gasteiger partial charge in [0.1, 0.15) is 0 Å². The summed E-state index contributed by atoms with van der Waals surface area (Å²) >= 11 is 0. The number of hydrogen-bond donors (Lipinski definition) is 0. The van der Waals surface area contributed by atoms with Gasteiger partial charge in [0.25, 0.3) is 0 Å². The van der Waals surface area contributed by atoms with Crippen molar-refractivity contribution in [3.05, 3.63) is 146 Å². The van der Waals surface area contributed by atoms with Crippen molar-refractivity contribution in [1.29, 1.82) is 0 Å². The van der Waals surface area contributed by atoms with E-state index in [9.17, 15) is 0 Å². The first-order valence-electron chi connectivity index (χ1n) is 15.6. The Hall–Kier alpha value is -3.03. The van der Waals surface area contributed by atoms with E-state index in [-0.39, 0.29) is 56.9 Å². The van der Waals surface area contributed by atoms with Gasteiger partial charge in [-0.1, -0.05) is 120 Å². The SMILES string of the molecule is CC(C)(C)c1cccc(-c2cccc3[cH-]c(C4(c5cc6c(-c7cccc(C(C)(C)C)c7)cccc6[cH-]5)CCC4)cc23)c1.[CH3-].[CH3-].[Hf+4]. The Bertz CT molecular complexity index is 1790. The standard InChI is InChI=1S/C42H42.2CH3.Hf/c1-40(2,3)32-16-7-12-28(22-32)36-18-9-14-30-24-34(26-38(30)36)42(20-11-21-42)35-25-31-15-10-19-37(39(31)27-35)29-13-8-17-33(23-29)41(4,5)6;;;/h7-10,12-19,22-27H,11,20-21H2,1-6H3;2*1H3;/q-2;2*-1;+4. The van der Waals surface area contributed by atoms with Gasteiger partial charge < -0.3 is 14.9 Å². The third-order valence-electron chi connectivity index (χ3n) is 9.89. The van der Waals surface area contributed by atoms with E-state index >= 15 is 0 Å². The molecule has 0 saturated heterocycles. The van der Waals surface area contributed by atoms with Gasteiger partial charge in [-0.15, -0.1) is 69.1 Å². The van der Waals surface area contributed by atoms with Crippen molar-refractivity contribution in [3.8, 4) is 22.3 Å². The van der Waals surface area contributed by atoms with Crippen LogP contribution in [0.3, 0.4) is 0 Å². The van der Waals surface area contributed by atoms with E-state index in [1.807, 2.05) is 0 Å². The van der Waals surface area contributed by atoms with Gasteiger partial charge in [0.2, 0.25) is 0 Å². The maximum Gasteiger partial charge on any atom is 4.00 e. The van der Waals surface area contributed by atoms with Crippen LogP contribution in [0.4, 0.5) is 0 Å². The summed E-state index contributed by atoms with van der Waals surface area (Å²) in [5.41, 5.74) is 11.4. The third-order valence-corrected chi connectivity index (χ3v) is 9.89. The molecule has 1 aliphatic carbocycles. The molecule has 0 nitrogen and oxygen atoms in total. The van der Waals surface area contributed by atoms with E-state index in [1.165, 1.54) is 85.3 Å². The van der Waals surface area contributed by atoms with Crippen molar-refractivity contribution in [2.45, 2.75) is 77.0 Å². The molecule has 0 atom stereocenters. The number of rotatable bonds is 4. The van der Waals surface area contributed by atoms with Crippen LogP contribution in [0.15, 0.2) is 109 Å². The van der Waals surface area contributed by atoms with E-state index in [2.05, 4.69) is 151 Å². The summed E-state index contributed by atoms with van der Waals surface area (Å²) in [6, 6.07) is 41.9. The maximum absolute atomic E-state index is 2.51. The third kappa shape index (κ3) is 6.10. The number of fused-ring (bicyclic) bond motifs is 2. The molecule has 0 unspecified atom stereocenters. The van der Waals surface area contributed by atoms with E-state index < -0.39 is 0 Å². The fourth-order valence-corrected chi connectivity index (χ4v) is 7.11. The average Bonchev–Trinajstić information content (AvgIpc) is 3.56. The monoisotopic (exact) mass is 756 g/mol. The van der Waals surface area contributed by atoms with Gasteiger partial charge in [-0.25, -0.2) is 0 Å². The van der Waals surface area contributed by atoms with Crippen LogP contribution >= 0.6 is 0 Å². The molecule has 1 saturated carbocycles. The quantitative estimate of drug-likeness (QED) is 0.124. The topological polar surface area (TPSA) is 0 Å². The van der Waals surface area contributed by atoms with Gasteiger partial charge in [0, 0.05) is 0 Å². The summed E-state index contributed by atoms with van der Waals surface area (Å²) in [6.45, 7) is 13.8. The summed E-state index contributed by atoms with van der Waals surface area (Å²) < 4.78 is 0. The predicted octanol–water partition coefficient (Wildman–Crippen LogP) is 12.7. The summed E-state index contributed by atoms with van der Waals surface area (Å²) in [5, 5.41) is 5.46. The van der Waals surface area contributed by atoms with E-state index in [0.717, 1.165) is 0 Å². The van der Waals surface area contributed by atoms with Crippen molar-refractivity contribution >= 4 is 21.5 Å². The van der Waals surface area contributed by atoms with E-state index in [4.69, 9.17) is 0 Å². The van der Waals surface area contributed by atoms with Gasteiger partial charge in [-0.05, 0) is 51.3 Å². The van der Waals surface area contributed by atoms with Crippen LogP contribution in [0.25, 0.3) is 43.8 Å². The molecule has 0 radical (unpaired) electrons. The molecular formula is C44H48Hf. The largest absolute Gasteiger partial charge is 4.00 e. The second-order valence-electron chi connectivity index (χ2n) is 14.7. The molecule has 1 aliphatic rings. The predicted molar refractivity (Wildman–Crippen MR) is 195 cm³/mol. The average molecular weight is 755 g/mol. The van der Waals surface area contributed by atoms with Crippen LogP contribution in [0, 0.1) is 14.9 Å². The molecule has 0 N–H and O–H groups in total. The second kappa shape index (κ2) is 12.6. The van der Waals surface area contributed by atoms with Crippen molar-refractivity contribution in [1.82, 2.24) is 0 Å². The van der Waals surface area contributed by atoms with Crippen LogP contribution in [0.1, 0.15) is 83.1 Å². The molecule has 1 fully saturated rings. The van der Waals surface area contributed by atoms with Crippen molar-refractivity contribution in [2.75, 3.05) is 0 Å². The van der Waals surface area contributed by atoms with E-state index in [0.29, 0.717) is 0 Å². The molecule has 0 aliphatic heterocycles. The number of benzene rings is 4. The van der Waals surface area contributed by atoms with Gasteiger partial charge in [-0.2, -0.15) is 12.1 Å². The zero-order valence-electron chi connectivity index (χ0n) is 28.5. The van der Waals surface area contributed by atoms with Crippen LogP contribution in [0.5, 0.6) is 0 Å². The Morgan fingerprint density at radius 2 is 0.933 bits per heavy atom. The summed E-state index contributed by atoms with van der Waals surface area (Å²) in [4.78, 5) is 0. The van der Waals surface area contributed by atoms with Crippen LogP contribution < -0.4 is 0 Å². The molecule has 0 bridgehead atoms. The molecule has 228 valence electrons. The number of hydrogen-bond acceptors (Lipinski definition) is 0. The molecule has 0 aromatic heterocycles. The summed E-state index contributed by atoms with van der Waals surface area (Å²) in [7, 11) is 0. The van der Waals surface area contributed by atoms with Crippen LogP contribution in [-0.2, 0) is 42.1 Å². The zero-order chi connectivity index (χ0) is 29.3. The molecule has 6 aromatic carbocycles. The molecule has 0 spiro atoms. The van der Waals surface area contributed by atoms with Crippen molar-refractivity contribution in [2.24, 2.45) is 0 Å². The first kappa shape index (κ1) is 34.8. The van der Waals surface area contributed by atoms with Gasteiger partial charge in [-0.3, -0.25) is 0 Å². The van der Waals surface area contributed by atoms with Crippen molar-refractivity contribution < 1.29 is 25.8 Å². The summed E-state index contributed by atoms with van der Waals surface area (Å²) in [5.74, 6) is 0. The smallest absolute Gasteiger partial charge is 0.358 e. The Morgan fingerprint density at radius 3 is 1.29 bits per heavy atom. The second-order valence-corrected chi connectivity index (χ2v) is 14.7. The fourth-order valence-electron chi connectivity index (χ4n) is 7.11. The van der Waals surface area contributed by atoms with Crippen LogP contribution in [-0.4, -0.2) is 0 Å². The van der Waals surface area contributed by atoms with E-state index in [1.54, 1.807) is 0 Å². The minimum atomic E-state index is 0. The molecule has 0 amide bonds. The Labute approximate surface area is 291 Å². The van der Waals surface area contributed by atoms with Crippen LogP contribution in [0.2, 0.25) is 0 Å². The molecular weight excluding hydrogens is 707 g/mol.